The molecule has 1 rings (SSSR count). The third kappa shape index (κ3) is 25.7. The van der Waals surface area contributed by atoms with E-state index < -0.39 is 30.0 Å². The number of unbranched alkanes of at least 4 members (excludes halogenated alkanes) is 16. The topological polar surface area (TPSA) is 225 Å². The Hall–Kier alpha value is -3.22. The fraction of sp³-hybridized carbons (Fsp3) is 0.846. The molecule has 0 heterocycles. The predicted octanol–water partition coefficient (Wildman–Crippen LogP) is 6.06. The first-order valence-corrected chi connectivity index (χ1v) is 20.3. The van der Waals surface area contributed by atoms with Crippen molar-refractivity contribution >= 4 is 35.6 Å². The molecular weight excluding hydrogens is 668 g/mol. The molecule has 13 heteroatoms. The van der Waals surface area contributed by atoms with E-state index in [4.69, 9.17) is 15.9 Å². The predicted molar refractivity (Wildman–Crippen MR) is 200 cm³/mol. The first-order valence-electron chi connectivity index (χ1n) is 20.3. The van der Waals surface area contributed by atoms with Gasteiger partial charge < -0.3 is 37.0 Å². The zero-order chi connectivity index (χ0) is 38.4. The van der Waals surface area contributed by atoms with E-state index in [0.29, 0.717) is 64.0 Å². The Bertz CT molecular complexity index is 1030. The normalized spacial score (nSPS) is 16.8. The van der Waals surface area contributed by atoms with Crippen molar-refractivity contribution in [1.82, 2.24) is 16.0 Å². The molecule has 2 atom stereocenters. The van der Waals surface area contributed by atoms with Gasteiger partial charge in [-0.25, -0.2) is 4.79 Å². The fourth-order valence-electron chi connectivity index (χ4n) is 6.76. The van der Waals surface area contributed by atoms with Crippen molar-refractivity contribution in [3.8, 4) is 0 Å². The van der Waals surface area contributed by atoms with Crippen LogP contribution in [0.4, 0.5) is 0 Å². The molecule has 0 bridgehead atoms. The number of hydrogen-bond acceptors (Lipinski definition) is 7. The van der Waals surface area contributed by atoms with E-state index in [0.717, 1.165) is 51.4 Å². The number of rotatable bonds is 33. The number of carboxylic acid groups (broad SMARTS) is 3. The minimum absolute atomic E-state index is 0.0263. The summed E-state index contributed by atoms with van der Waals surface area (Å²) >= 11 is 0. The molecule has 8 N–H and O–H groups in total. The van der Waals surface area contributed by atoms with Gasteiger partial charge in [0.15, 0.2) is 0 Å². The molecule has 0 radical (unpaired) electrons. The summed E-state index contributed by atoms with van der Waals surface area (Å²) in [5.41, 5.74) is 5.45. The van der Waals surface area contributed by atoms with E-state index in [1.54, 1.807) is 0 Å². The van der Waals surface area contributed by atoms with Crippen molar-refractivity contribution in [3.05, 3.63) is 0 Å². The number of nitrogens with two attached hydrogens (primary N) is 1. The van der Waals surface area contributed by atoms with Gasteiger partial charge in [-0.3, -0.25) is 24.0 Å². The summed E-state index contributed by atoms with van der Waals surface area (Å²) in [4.78, 5) is 70.3. The molecule has 0 aromatic carbocycles. The van der Waals surface area contributed by atoms with Gasteiger partial charge in [-0.2, -0.15) is 0 Å². The Morgan fingerprint density at radius 3 is 1.50 bits per heavy atom. The van der Waals surface area contributed by atoms with Crippen LogP contribution in [0.3, 0.4) is 0 Å². The molecule has 0 spiro atoms. The molecule has 0 aliphatic heterocycles. The number of aliphatic carboxylic acids is 3. The van der Waals surface area contributed by atoms with Crippen LogP contribution in [0.25, 0.3) is 0 Å². The van der Waals surface area contributed by atoms with Crippen LogP contribution in [0.1, 0.15) is 173 Å². The Morgan fingerprint density at radius 2 is 1.02 bits per heavy atom. The molecule has 0 saturated heterocycles. The van der Waals surface area contributed by atoms with Crippen LogP contribution < -0.4 is 21.7 Å². The molecule has 1 aliphatic carbocycles. The second-order valence-electron chi connectivity index (χ2n) is 14.8. The molecule has 3 amide bonds. The summed E-state index contributed by atoms with van der Waals surface area (Å²) in [5, 5.41) is 35.4. The monoisotopic (exact) mass is 739 g/mol. The van der Waals surface area contributed by atoms with Crippen LogP contribution in [0.2, 0.25) is 0 Å². The van der Waals surface area contributed by atoms with Gasteiger partial charge in [0, 0.05) is 38.3 Å². The maximum Gasteiger partial charge on any atom is 0.326 e. The first-order chi connectivity index (χ1) is 25.0. The van der Waals surface area contributed by atoms with Crippen LogP contribution in [-0.2, 0) is 28.8 Å². The molecular formula is C39H70N4O9. The summed E-state index contributed by atoms with van der Waals surface area (Å²) in [5.74, 6) is -3.49. The zero-order valence-corrected chi connectivity index (χ0v) is 31.7. The number of carbonyl (C=O) groups is 6. The average Bonchev–Trinajstić information content (AvgIpc) is 3.11. The molecule has 1 fully saturated rings. The summed E-state index contributed by atoms with van der Waals surface area (Å²) in [7, 11) is 0. The summed E-state index contributed by atoms with van der Waals surface area (Å²) in [6.45, 7) is 0.936. The van der Waals surface area contributed by atoms with Crippen molar-refractivity contribution in [3.63, 3.8) is 0 Å². The van der Waals surface area contributed by atoms with Crippen LogP contribution in [-0.4, -0.2) is 76.1 Å². The van der Waals surface area contributed by atoms with Gasteiger partial charge >= 0.3 is 17.9 Å². The molecule has 13 nitrogen and oxygen atoms in total. The van der Waals surface area contributed by atoms with E-state index in [2.05, 4.69) is 16.0 Å². The van der Waals surface area contributed by atoms with E-state index in [-0.39, 0.29) is 36.5 Å². The van der Waals surface area contributed by atoms with Gasteiger partial charge in [-0.05, 0) is 70.1 Å². The van der Waals surface area contributed by atoms with E-state index in [9.17, 15) is 33.9 Å². The van der Waals surface area contributed by atoms with Gasteiger partial charge in [-0.15, -0.1) is 0 Å². The molecule has 300 valence electrons. The minimum atomic E-state index is -1.19. The zero-order valence-electron chi connectivity index (χ0n) is 31.7. The minimum Gasteiger partial charge on any atom is -0.481 e. The van der Waals surface area contributed by atoms with Crippen LogP contribution >= 0.6 is 0 Å². The van der Waals surface area contributed by atoms with Crippen molar-refractivity contribution < 1.29 is 44.1 Å². The number of nitrogens with one attached hydrogen (secondary N) is 3. The number of carboxylic acids is 3. The molecule has 1 saturated carbocycles. The van der Waals surface area contributed by atoms with Gasteiger partial charge in [-0.1, -0.05) is 89.9 Å². The van der Waals surface area contributed by atoms with Crippen LogP contribution in [0.15, 0.2) is 0 Å². The maximum atomic E-state index is 12.8. The second-order valence-corrected chi connectivity index (χ2v) is 14.8. The summed E-state index contributed by atoms with van der Waals surface area (Å²) in [6, 6.07) is -2.08. The highest BCUT2D eigenvalue weighted by Gasteiger charge is 2.29. The Balaban J connectivity index is 2.02. The number of carbonyl (C=O) groups excluding carboxylic acids is 3. The molecule has 52 heavy (non-hydrogen) atoms. The Morgan fingerprint density at radius 1 is 0.538 bits per heavy atom. The van der Waals surface area contributed by atoms with Crippen molar-refractivity contribution in [1.29, 1.82) is 0 Å². The van der Waals surface area contributed by atoms with E-state index >= 15 is 0 Å². The second kappa shape index (κ2) is 30.3. The Kier molecular flexibility index (Phi) is 27.2. The quantitative estimate of drug-likeness (QED) is 0.0385. The van der Waals surface area contributed by atoms with Gasteiger partial charge in [0.25, 0.3) is 0 Å². The molecule has 0 aromatic rings. The first kappa shape index (κ1) is 46.8. The lowest BCUT2D eigenvalue weighted by atomic mass is 9.81. The van der Waals surface area contributed by atoms with Crippen molar-refractivity contribution in [2.24, 2.45) is 17.6 Å². The van der Waals surface area contributed by atoms with E-state index in [1.807, 2.05) is 0 Å². The SMILES string of the molecule is N[C@@H](CCCCNC(=O)CC[C@H](NC(=O)[C@H]1CC[C@H](CNC(=O)CCCCCCCCCCCCCCCCCCC(=O)O)CC1)C(=O)O)C(=O)O. The highest BCUT2D eigenvalue weighted by molar-refractivity contribution is 5.85. The Labute approximate surface area is 311 Å². The highest BCUT2D eigenvalue weighted by atomic mass is 16.4. The highest BCUT2D eigenvalue weighted by Crippen LogP contribution is 2.29. The number of hydrogen-bond donors (Lipinski definition) is 7. The third-order valence-electron chi connectivity index (χ3n) is 10.2. The summed E-state index contributed by atoms with van der Waals surface area (Å²) < 4.78 is 0. The fourth-order valence-corrected chi connectivity index (χ4v) is 6.76. The van der Waals surface area contributed by atoms with Crippen LogP contribution in [0, 0.1) is 11.8 Å². The lowest BCUT2D eigenvalue weighted by molar-refractivity contribution is -0.143. The lowest BCUT2D eigenvalue weighted by Gasteiger charge is -2.28. The smallest absolute Gasteiger partial charge is 0.326 e. The third-order valence-corrected chi connectivity index (χ3v) is 10.2. The van der Waals surface area contributed by atoms with Crippen molar-refractivity contribution in [2.75, 3.05) is 13.1 Å². The maximum absolute atomic E-state index is 12.8. The molecule has 0 aromatic heterocycles. The summed E-state index contributed by atoms with van der Waals surface area (Å²) in [6.07, 6.45) is 23.8. The average molecular weight is 739 g/mol. The standard InChI is InChI=1S/C39H70N4O9/c40-32(38(49)50)19-17-18-28-41-35(45)27-26-33(39(51)52)43-37(48)31-24-22-30(23-25-31)29-42-34(44)20-15-13-11-9-7-5-3-1-2-4-6-8-10-12-14-16-21-36(46)47/h30-33H,1-29,40H2,(H,41,45)(H,42,44)(H,43,48)(H,46,47)(H,49,50)(H,51,52)/t30-,31-,32-,33-/m0/s1. The van der Waals surface area contributed by atoms with Crippen molar-refractivity contribution in [2.45, 2.75) is 185 Å². The molecule has 1 aliphatic rings. The lowest BCUT2D eigenvalue weighted by Crippen LogP contribution is -2.45. The largest absolute Gasteiger partial charge is 0.481 e. The van der Waals surface area contributed by atoms with Gasteiger partial charge in [0.05, 0.1) is 0 Å². The number of amides is 3. The van der Waals surface area contributed by atoms with Gasteiger partial charge in [0.1, 0.15) is 12.1 Å². The van der Waals surface area contributed by atoms with E-state index in [1.165, 1.54) is 64.2 Å². The van der Waals surface area contributed by atoms with Gasteiger partial charge in [0.2, 0.25) is 17.7 Å². The molecule has 0 unspecified atom stereocenters. The van der Waals surface area contributed by atoms with Crippen LogP contribution in [0.5, 0.6) is 0 Å².